The summed E-state index contributed by atoms with van der Waals surface area (Å²) in [6, 6.07) is 3.79. The third kappa shape index (κ3) is 4.71. The molecule has 1 N–H and O–H groups in total. The molecule has 1 aromatic rings. The lowest BCUT2D eigenvalue weighted by molar-refractivity contribution is 0.562. The van der Waals surface area contributed by atoms with Crippen LogP contribution >= 0.6 is 0 Å². The topological polar surface area (TPSA) is 12.0 Å². The molecule has 0 heterocycles. The number of hydrogen-bond acceptors (Lipinski definition) is 1. The van der Waals surface area contributed by atoms with Crippen LogP contribution in [-0.4, -0.2) is 13.1 Å². The Hall–Kier alpha value is -0.960. The fraction of sp³-hybridized carbons (Fsp3) is 0.538. The molecule has 0 spiro atoms. The molecule has 0 aliphatic rings. The summed E-state index contributed by atoms with van der Waals surface area (Å²) in [6.07, 6.45) is 3.77. The van der Waals surface area contributed by atoms with Crippen molar-refractivity contribution in [3.05, 3.63) is 35.4 Å². The highest BCUT2D eigenvalue weighted by atomic mass is 19.1. The molecule has 1 nitrogen and oxygen atoms in total. The fourth-order valence-corrected chi connectivity index (χ4v) is 1.59. The van der Waals surface area contributed by atoms with Gasteiger partial charge in [0.1, 0.15) is 11.6 Å². The maximum atomic E-state index is 13.2. The van der Waals surface area contributed by atoms with Crippen molar-refractivity contribution in [3.8, 4) is 0 Å². The minimum atomic E-state index is -0.508. The molecule has 0 saturated heterocycles. The molecule has 0 bridgehead atoms. The van der Waals surface area contributed by atoms with Crippen molar-refractivity contribution < 1.29 is 8.78 Å². The van der Waals surface area contributed by atoms with Crippen LogP contribution in [0.4, 0.5) is 8.78 Å². The summed E-state index contributed by atoms with van der Waals surface area (Å²) in [4.78, 5) is 0. The zero-order valence-electron chi connectivity index (χ0n) is 9.73. The van der Waals surface area contributed by atoms with Crippen molar-refractivity contribution >= 4 is 0 Å². The Balaban J connectivity index is 2.21. The summed E-state index contributed by atoms with van der Waals surface area (Å²) in [5.74, 6) is -0.938. The Morgan fingerprint density at radius 3 is 2.62 bits per heavy atom. The van der Waals surface area contributed by atoms with Crippen LogP contribution in [0.25, 0.3) is 0 Å². The molecule has 0 saturated carbocycles. The van der Waals surface area contributed by atoms with Crippen molar-refractivity contribution in [2.75, 3.05) is 13.1 Å². The average Bonchev–Trinajstić information content (AvgIpc) is 2.26. The first-order valence-electron chi connectivity index (χ1n) is 5.88. The maximum absolute atomic E-state index is 13.2. The van der Waals surface area contributed by atoms with E-state index in [0.29, 0.717) is 12.0 Å². The number of rotatable bonds is 7. The lowest BCUT2D eigenvalue weighted by atomic mass is 10.1. The number of halogens is 2. The van der Waals surface area contributed by atoms with Gasteiger partial charge in [0.15, 0.2) is 0 Å². The van der Waals surface area contributed by atoms with Gasteiger partial charge in [-0.15, -0.1) is 0 Å². The van der Waals surface area contributed by atoms with E-state index in [9.17, 15) is 8.78 Å². The predicted octanol–water partition coefficient (Wildman–Crippen LogP) is 3.29. The molecule has 3 heteroatoms. The second-order valence-corrected chi connectivity index (χ2v) is 3.94. The minimum absolute atomic E-state index is 0.429. The molecule has 0 atom stereocenters. The lowest BCUT2D eigenvalue weighted by Crippen LogP contribution is -2.15. The van der Waals surface area contributed by atoms with Gasteiger partial charge in [0, 0.05) is 6.07 Å². The van der Waals surface area contributed by atoms with E-state index in [0.717, 1.165) is 38.4 Å². The van der Waals surface area contributed by atoms with E-state index in [1.807, 2.05) is 0 Å². The van der Waals surface area contributed by atoms with Crippen LogP contribution in [0, 0.1) is 11.6 Å². The highest BCUT2D eigenvalue weighted by molar-refractivity contribution is 5.18. The molecule has 0 aliphatic carbocycles. The summed E-state index contributed by atoms with van der Waals surface area (Å²) >= 11 is 0. The van der Waals surface area contributed by atoms with Crippen LogP contribution in [0.15, 0.2) is 18.2 Å². The zero-order chi connectivity index (χ0) is 11.8. The van der Waals surface area contributed by atoms with Crippen LogP contribution in [0.3, 0.4) is 0 Å². The van der Waals surface area contributed by atoms with Crippen molar-refractivity contribution in [3.63, 3.8) is 0 Å². The summed E-state index contributed by atoms with van der Waals surface area (Å²) in [6.45, 7) is 4.13. The normalized spacial score (nSPS) is 10.7. The summed E-state index contributed by atoms with van der Waals surface area (Å²) in [5, 5.41) is 3.29. The first-order valence-corrected chi connectivity index (χ1v) is 5.88. The van der Waals surface area contributed by atoms with Crippen molar-refractivity contribution in [2.24, 2.45) is 0 Å². The van der Waals surface area contributed by atoms with Crippen LogP contribution < -0.4 is 5.32 Å². The Kier molecular flexibility index (Phi) is 6.01. The van der Waals surface area contributed by atoms with Gasteiger partial charge in [-0.3, -0.25) is 0 Å². The van der Waals surface area contributed by atoms with Gasteiger partial charge in [0.2, 0.25) is 0 Å². The maximum Gasteiger partial charge on any atom is 0.129 e. The van der Waals surface area contributed by atoms with Crippen LogP contribution in [0.1, 0.15) is 31.7 Å². The number of aryl methyl sites for hydroxylation is 1. The molecule has 90 valence electrons. The van der Waals surface area contributed by atoms with Crippen molar-refractivity contribution in [1.29, 1.82) is 0 Å². The van der Waals surface area contributed by atoms with Gasteiger partial charge in [-0.25, -0.2) is 8.78 Å². The molecule has 1 rings (SSSR count). The van der Waals surface area contributed by atoms with E-state index in [2.05, 4.69) is 12.2 Å². The fourth-order valence-electron chi connectivity index (χ4n) is 1.59. The Bertz CT molecular complexity index is 313. The molecular formula is C13H19F2N. The third-order valence-corrected chi connectivity index (χ3v) is 2.49. The smallest absolute Gasteiger partial charge is 0.129 e. The zero-order valence-corrected chi connectivity index (χ0v) is 9.73. The molecule has 0 fully saturated rings. The van der Waals surface area contributed by atoms with Crippen LogP contribution in [0.5, 0.6) is 0 Å². The molecule has 16 heavy (non-hydrogen) atoms. The van der Waals surface area contributed by atoms with E-state index in [4.69, 9.17) is 0 Å². The monoisotopic (exact) mass is 227 g/mol. The number of hydrogen-bond donors (Lipinski definition) is 1. The highest BCUT2D eigenvalue weighted by Crippen LogP contribution is 2.12. The second kappa shape index (κ2) is 7.34. The van der Waals surface area contributed by atoms with Gasteiger partial charge in [-0.1, -0.05) is 13.0 Å². The minimum Gasteiger partial charge on any atom is -0.317 e. The number of benzene rings is 1. The van der Waals surface area contributed by atoms with Gasteiger partial charge in [-0.05, 0) is 50.4 Å². The van der Waals surface area contributed by atoms with E-state index < -0.39 is 11.6 Å². The van der Waals surface area contributed by atoms with E-state index in [1.54, 1.807) is 0 Å². The molecule has 0 radical (unpaired) electrons. The third-order valence-electron chi connectivity index (χ3n) is 2.49. The van der Waals surface area contributed by atoms with Crippen LogP contribution in [0.2, 0.25) is 0 Å². The summed E-state index contributed by atoms with van der Waals surface area (Å²) in [7, 11) is 0. The number of nitrogens with one attached hydrogen (secondary N) is 1. The van der Waals surface area contributed by atoms with E-state index in [1.165, 1.54) is 12.1 Å². The highest BCUT2D eigenvalue weighted by Gasteiger charge is 2.02. The quantitative estimate of drug-likeness (QED) is 0.705. The van der Waals surface area contributed by atoms with Crippen molar-refractivity contribution in [2.45, 2.75) is 32.6 Å². The first-order chi connectivity index (χ1) is 7.74. The van der Waals surface area contributed by atoms with E-state index >= 15 is 0 Å². The van der Waals surface area contributed by atoms with Crippen molar-refractivity contribution in [1.82, 2.24) is 5.32 Å². The first kappa shape index (κ1) is 13.1. The summed E-state index contributed by atoms with van der Waals surface area (Å²) < 4.78 is 25.8. The predicted molar refractivity (Wildman–Crippen MR) is 62.5 cm³/mol. The lowest BCUT2D eigenvalue weighted by Gasteiger charge is -2.04. The van der Waals surface area contributed by atoms with Gasteiger partial charge < -0.3 is 5.32 Å². The standard InChI is InChI=1S/C13H19F2N/c1-2-8-16-9-4-3-5-11-6-7-12(14)10-13(11)15/h6-7,10,16H,2-5,8-9H2,1H3. The molecule has 0 amide bonds. The largest absolute Gasteiger partial charge is 0.317 e. The Morgan fingerprint density at radius 1 is 1.12 bits per heavy atom. The summed E-state index contributed by atoms with van der Waals surface area (Å²) in [5.41, 5.74) is 0.608. The SMILES string of the molecule is CCCNCCCCc1ccc(F)cc1F. The van der Waals surface area contributed by atoms with Gasteiger partial charge >= 0.3 is 0 Å². The van der Waals surface area contributed by atoms with E-state index in [-0.39, 0.29) is 0 Å². The molecule has 1 aromatic carbocycles. The number of unbranched alkanes of at least 4 members (excludes halogenated alkanes) is 1. The van der Waals surface area contributed by atoms with Gasteiger partial charge in [-0.2, -0.15) is 0 Å². The molecule has 0 aromatic heterocycles. The Morgan fingerprint density at radius 2 is 1.94 bits per heavy atom. The average molecular weight is 227 g/mol. The molecule has 0 aliphatic heterocycles. The van der Waals surface area contributed by atoms with Crippen LogP contribution in [-0.2, 0) is 6.42 Å². The van der Waals surface area contributed by atoms with Gasteiger partial charge in [0.25, 0.3) is 0 Å². The van der Waals surface area contributed by atoms with Gasteiger partial charge in [0.05, 0.1) is 0 Å². The molecular weight excluding hydrogens is 208 g/mol. The molecule has 0 unspecified atom stereocenters. The second-order valence-electron chi connectivity index (χ2n) is 3.94. The Labute approximate surface area is 95.9 Å².